The molecule has 3 heterocycles. The fourth-order valence-corrected chi connectivity index (χ4v) is 6.51. The molecule has 186 valence electrons. The Morgan fingerprint density at radius 1 is 0.425 bits per heavy atom. The average molecular weight is 510 g/mol. The number of hydrogen-bond donors (Lipinski definition) is 0. The van der Waals surface area contributed by atoms with E-state index in [-0.39, 0.29) is 0 Å². The highest BCUT2D eigenvalue weighted by atomic mass is 15.1. The van der Waals surface area contributed by atoms with Gasteiger partial charge in [0.25, 0.3) is 0 Å². The van der Waals surface area contributed by atoms with Crippen LogP contribution in [0.4, 0.5) is 0 Å². The van der Waals surface area contributed by atoms with E-state index in [0.29, 0.717) is 0 Å². The van der Waals surface area contributed by atoms with Crippen molar-refractivity contribution in [1.82, 2.24) is 14.0 Å². The van der Waals surface area contributed by atoms with Crippen molar-refractivity contribution in [2.24, 2.45) is 0 Å². The Morgan fingerprint density at radius 3 is 1.98 bits per heavy atom. The normalized spacial score (nSPS) is 12.0. The first-order valence-corrected chi connectivity index (χ1v) is 13.7. The smallest absolute Gasteiger partial charge is 0.145 e. The van der Waals surface area contributed by atoms with Crippen molar-refractivity contribution in [1.29, 1.82) is 0 Å². The summed E-state index contributed by atoms with van der Waals surface area (Å²) in [6.07, 6.45) is 0. The summed E-state index contributed by atoms with van der Waals surface area (Å²) in [5.74, 6) is 0.947. The minimum absolute atomic E-state index is 0.947. The zero-order valence-electron chi connectivity index (χ0n) is 21.6. The molecule has 3 aromatic heterocycles. The molecule has 6 aromatic carbocycles. The zero-order valence-corrected chi connectivity index (χ0v) is 21.6. The van der Waals surface area contributed by atoms with Crippen LogP contribution in [-0.4, -0.2) is 14.0 Å². The van der Waals surface area contributed by atoms with Crippen molar-refractivity contribution in [2.45, 2.75) is 0 Å². The molecule has 0 aliphatic heterocycles. The van der Waals surface area contributed by atoms with Gasteiger partial charge in [0.15, 0.2) is 0 Å². The van der Waals surface area contributed by atoms with Gasteiger partial charge in [0.2, 0.25) is 0 Å². The zero-order chi connectivity index (χ0) is 26.2. The van der Waals surface area contributed by atoms with Crippen LogP contribution in [0.5, 0.6) is 0 Å². The Bertz CT molecular complexity index is 2370. The van der Waals surface area contributed by atoms with Gasteiger partial charge in [-0.2, -0.15) is 0 Å². The second-order valence-corrected chi connectivity index (χ2v) is 10.5. The van der Waals surface area contributed by atoms with Gasteiger partial charge in [0, 0.05) is 32.8 Å². The summed E-state index contributed by atoms with van der Waals surface area (Å²) in [5.41, 5.74) is 10.5. The third-order valence-corrected chi connectivity index (χ3v) is 8.25. The minimum Gasteiger partial charge on any atom is -0.308 e. The van der Waals surface area contributed by atoms with Gasteiger partial charge in [-0.15, -0.1) is 0 Å². The van der Waals surface area contributed by atoms with Crippen LogP contribution in [-0.2, 0) is 0 Å². The predicted molar refractivity (Wildman–Crippen MR) is 167 cm³/mol. The Balaban J connectivity index is 1.25. The van der Waals surface area contributed by atoms with Crippen molar-refractivity contribution in [2.75, 3.05) is 0 Å². The van der Waals surface area contributed by atoms with Crippen molar-refractivity contribution >= 4 is 49.1 Å². The highest BCUT2D eigenvalue weighted by Gasteiger charge is 2.18. The largest absolute Gasteiger partial charge is 0.308 e. The second-order valence-electron chi connectivity index (χ2n) is 10.5. The van der Waals surface area contributed by atoms with Gasteiger partial charge >= 0.3 is 0 Å². The molecule has 0 aliphatic carbocycles. The van der Waals surface area contributed by atoms with E-state index in [1.807, 2.05) is 0 Å². The van der Waals surface area contributed by atoms with E-state index in [4.69, 9.17) is 4.98 Å². The predicted octanol–water partition coefficient (Wildman–Crippen LogP) is 9.51. The number of nitrogens with zero attached hydrogens (tertiary/aromatic N) is 3. The third-order valence-electron chi connectivity index (χ3n) is 8.25. The number of benzene rings is 6. The van der Waals surface area contributed by atoms with Gasteiger partial charge in [-0.25, -0.2) is 4.98 Å². The van der Waals surface area contributed by atoms with E-state index in [2.05, 4.69) is 148 Å². The van der Waals surface area contributed by atoms with Gasteiger partial charge in [0.1, 0.15) is 5.82 Å². The average Bonchev–Trinajstić information content (AvgIpc) is 3.68. The number of rotatable bonds is 3. The Kier molecular flexibility index (Phi) is 4.33. The first kappa shape index (κ1) is 21.5. The summed E-state index contributed by atoms with van der Waals surface area (Å²) in [6.45, 7) is 0. The number of fused-ring (bicyclic) bond motifs is 7. The van der Waals surface area contributed by atoms with Crippen LogP contribution in [0.25, 0.3) is 77.3 Å². The Hall–Kier alpha value is -5.41. The van der Waals surface area contributed by atoms with Crippen molar-refractivity contribution in [3.8, 4) is 28.2 Å². The molecule has 0 saturated carbocycles. The van der Waals surface area contributed by atoms with Gasteiger partial charge < -0.3 is 4.40 Å². The number of hydrogen-bond acceptors (Lipinski definition) is 1. The highest BCUT2D eigenvalue weighted by molar-refractivity contribution is 6.23. The molecule has 0 aliphatic rings. The van der Waals surface area contributed by atoms with Crippen LogP contribution in [0.3, 0.4) is 0 Å². The van der Waals surface area contributed by atoms with Crippen LogP contribution in [0.15, 0.2) is 140 Å². The van der Waals surface area contributed by atoms with Crippen LogP contribution >= 0.6 is 0 Å². The maximum Gasteiger partial charge on any atom is 0.145 e. The number of imidazole rings is 1. The first-order valence-electron chi connectivity index (χ1n) is 13.7. The first-order chi connectivity index (χ1) is 19.8. The molecular weight excluding hydrogens is 486 g/mol. The number of para-hydroxylation sites is 5. The fraction of sp³-hybridized carbons (Fsp3) is 0. The summed E-state index contributed by atoms with van der Waals surface area (Å²) in [7, 11) is 0. The van der Waals surface area contributed by atoms with Gasteiger partial charge in [-0.05, 0) is 59.7 Å². The van der Waals surface area contributed by atoms with E-state index < -0.39 is 0 Å². The van der Waals surface area contributed by atoms with Crippen molar-refractivity contribution in [3.63, 3.8) is 0 Å². The molecule has 3 nitrogen and oxygen atoms in total. The summed E-state index contributed by atoms with van der Waals surface area (Å²) in [6, 6.07) is 49.9. The second kappa shape index (κ2) is 8.05. The molecule has 0 radical (unpaired) electrons. The highest BCUT2D eigenvalue weighted by Crippen LogP contribution is 2.40. The van der Waals surface area contributed by atoms with Gasteiger partial charge in [-0.1, -0.05) is 91.0 Å². The Labute approximate surface area is 230 Å². The number of aromatic nitrogens is 3. The van der Waals surface area contributed by atoms with E-state index >= 15 is 0 Å². The van der Waals surface area contributed by atoms with Gasteiger partial charge in [0.05, 0.1) is 27.6 Å². The van der Waals surface area contributed by atoms with E-state index in [1.165, 1.54) is 49.2 Å². The quantitative estimate of drug-likeness (QED) is 0.232. The lowest BCUT2D eigenvalue weighted by Gasteiger charge is -2.11. The lowest BCUT2D eigenvalue weighted by molar-refractivity contribution is 1.10. The maximum absolute atomic E-state index is 5.09. The van der Waals surface area contributed by atoms with Crippen LogP contribution in [0.1, 0.15) is 0 Å². The van der Waals surface area contributed by atoms with Gasteiger partial charge in [-0.3, -0.25) is 4.57 Å². The third kappa shape index (κ3) is 2.92. The lowest BCUT2D eigenvalue weighted by atomic mass is 10.00. The summed E-state index contributed by atoms with van der Waals surface area (Å²) >= 11 is 0. The fourth-order valence-electron chi connectivity index (χ4n) is 6.51. The molecule has 0 bridgehead atoms. The molecule has 0 fully saturated rings. The molecule has 0 atom stereocenters. The molecule has 9 aromatic rings. The van der Waals surface area contributed by atoms with Crippen LogP contribution in [0.2, 0.25) is 0 Å². The summed E-state index contributed by atoms with van der Waals surface area (Å²) in [4.78, 5) is 5.09. The van der Waals surface area contributed by atoms with E-state index in [1.54, 1.807) is 0 Å². The molecule has 0 unspecified atom stereocenters. The summed E-state index contributed by atoms with van der Waals surface area (Å²) < 4.78 is 4.69. The molecule has 3 heteroatoms. The maximum atomic E-state index is 5.09. The molecule has 9 rings (SSSR count). The van der Waals surface area contributed by atoms with Crippen LogP contribution < -0.4 is 0 Å². The summed E-state index contributed by atoms with van der Waals surface area (Å²) in [5, 5.41) is 5.20. The molecule has 40 heavy (non-hydrogen) atoms. The molecule has 0 saturated heterocycles. The SMILES string of the molecule is c1ccc(-n2c(-c3cccc(-c4ccc5c(c4)c4cccc6c7ccccc7n5c64)c3)nc3ccccc32)cc1. The molecule has 0 amide bonds. The van der Waals surface area contributed by atoms with E-state index in [9.17, 15) is 0 Å². The topological polar surface area (TPSA) is 22.2 Å². The van der Waals surface area contributed by atoms with Crippen molar-refractivity contribution < 1.29 is 0 Å². The monoisotopic (exact) mass is 509 g/mol. The Morgan fingerprint density at radius 2 is 1.07 bits per heavy atom. The molecular formula is C37H23N3. The van der Waals surface area contributed by atoms with E-state index in [0.717, 1.165) is 28.1 Å². The molecule has 0 spiro atoms. The lowest BCUT2D eigenvalue weighted by Crippen LogP contribution is -1.97. The van der Waals surface area contributed by atoms with Crippen LogP contribution in [0, 0.1) is 0 Å². The minimum atomic E-state index is 0.947. The van der Waals surface area contributed by atoms with Crippen molar-refractivity contribution in [3.05, 3.63) is 140 Å². The molecule has 0 N–H and O–H groups in total. The standard InChI is InChI=1S/C37H23N3/c1-2-12-27(13-3-1)39-35-19-7-5-17-32(35)38-37(39)26-11-8-10-24(22-26)25-20-21-34-31(23-25)30-16-9-15-29-28-14-4-6-18-33(28)40(34)36(29)30/h1-23H.